The van der Waals surface area contributed by atoms with Crippen molar-refractivity contribution in [3.8, 4) is 0 Å². The Morgan fingerprint density at radius 1 is 1.03 bits per heavy atom. The minimum atomic E-state index is -0.499. The van der Waals surface area contributed by atoms with E-state index in [0.717, 1.165) is 48.4 Å². The molecule has 1 atom stereocenters. The summed E-state index contributed by atoms with van der Waals surface area (Å²) in [6.07, 6.45) is 1.19. The number of ether oxygens (including phenoxy) is 1. The number of carbonyl (C=O) groups is 2. The number of aryl methyl sites for hydroxylation is 2. The zero-order valence-electron chi connectivity index (χ0n) is 18.3. The monoisotopic (exact) mass is 409 g/mol. The number of hydrogen-bond acceptors (Lipinski definition) is 4. The van der Waals surface area contributed by atoms with Gasteiger partial charge in [0.05, 0.1) is 24.0 Å². The van der Waals surface area contributed by atoms with Crippen LogP contribution in [0.25, 0.3) is 0 Å². The van der Waals surface area contributed by atoms with Gasteiger partial charge in [-0.2, -0.15) is 0 Å². The van der Waals surface area contributed by atoms with Crippen LogP contribution in [-0.2, 0) is 22.4 Å². The molecular weight excluding hydrogens is 378 g/mol. The Kier molecular flexibility index (Phi) is 7.11. The maximum Gasteiger partial charge on any atom is 0.411 e. The number of nitrogens with one attached hydrogen (secondary N) is 1. The van der Waals surface area contributed by atoms with Crippen molar-refractivity contribution in [3.05, 3.63) is 53.6 Å². The summed E-state index contributed by atoms with van der Waals surface area (Å²) in [5.74, 6) is 0.0302. The largest absolute Gasteiger partial charge is 0.450 e. The summed E-state index contributed by atoms with van der Waals surface area (Å²) in [6, 6.07) is 13.5. The second-order valence-electron chi connectivity index (χ2n) is 7.39. The average Bonchev–Trinajstić information content (AvgIpc) is 2.90. The van der Waals surface area contributed by atoms with Gasteiger partial charge in [0, 0.05) is 5.69 Å². The van der Waals surface area contributed by atoms with Gasteiger partial charge in [0.25, 0.3) is 0 Å². The fourth-order valence-electron chi connectivity index (χ4n) is 4.04. The number of anilines is 3. The van der Waals surface area contributed by atoms with E-state index in [1.54, 1.807) is 6.92 Å². The van der Waals surface area contributed by atoms with Gasteiger partial charge in [-0.25, -0.2) is 4.79 Å². The van der Waals surface area contributed by atoms with E-state index in [9.17, 15) is 9.59 Å². The molecule has 2 aromatic carbocycles. The fraction of sp³-hybridized carbons (Fsp3) is 0.417. The first-order chi connectivity index (χ1) is 14.5. The molecule has 1 unspecified atom stereocenters. The number of rotatable bonds is 6. The highest BCUT2D eigenvalue weighted by Gasteiger charge is 2.31. The van der Waals surface area contributed by atoms with Crippen molar-refractivity contribution >= 4 is 29.1 Å². The molecule has 1 heterocycles. The highest BCUT2D eigenvalue weighted by molar-refractivity contribution is 6.05. The number of nitrogens with zero attached hydrogens (tertiary/aromatic N) is 2. The summed E-state index contributed by atoms with van der Waals surface area (Å²) in [5, 5.41) is 2.76. The molecule has 0 aliphatic carbocycles. The lowest BCUT2D eigenvalue weighted by Crippen LogP contribution is -2.45. The molecule has 0 saturated carbocycles. The Balaban J connectivity index is 2.07. The molecule has 30 heavy (non-hydrogen) atoms. The van der Waals surface area contributed by atoms with Crippen LogP contribution in [0.5, 0.6) is 0 Å². The zero-order valence-corrected chi connectivity index (χ0v) is 18.3. The summed E-state index contributed by atoms with van der Waals surface area (Å²) in [7, 11) is 0. The minimum absolute atomic E-state index is 0.0302. The van der Waals surface area contributed by atoms with E-state index in [1.807, 2.05) is 48.2 Å². The number of para-hydroxylation sites is 1. The molecule has 0 saturated heterocycles. The van der Waals surface area contributed by atoms with Gasteiger partial charge in [-0.1, -0.05) is 38.1 Å². The van der Waals surface area contributed by atoms with E-state index >= 15 is 0 Å². The van der Waals surface area contributed by atoms with Crippen LogP contribution in [-0.4, -0.2) is 42.6 Å². The first kappa shape index (κ1) is 21.8. The number of amides is 2. The summed E-state index contributed by atoms with van der Waals surface area (Å²) in [5.41, 5.74) is 4.57. The molecule has 0 fully saturated rings. The van der Waals surface area contributed by atoms with E-state index in [4.69, 9.17) is 4.74 Å². The first-order valence-electron chi connectivity index (χ1n) is 10.7. The van der Waals surface area contributed by atoms with Crippen LogP contribution in [0.3, 0.4) is 0 Å². The van der Waals surface area contributed by atoms with Crippen molar-refractivity contribution < 1.29 is 14.3 Å². The summed E-state index contributed by atoms with van der Waals surface area (Å²) < 4.78 is 5.01. The second-order valence-corrected chi connectivity index (χ2v) is 7.39. The lowest BCUT2D eigenvalue weighted by atomic mass is 10.0. The van der Waals surface area contributed by atoms with E-state index < -0.39 is 6.09 Å². The predicted molar refractivity (Wildman–Crippen MR) is 120 cm³/mol. The lowest BCUT2D eigenvalue weighted by Gasteiger charge is -2.32. The van der Waals surface area contributed by atoms with Crippen LogP contribution in [0, 0.1) is 0 Å². The minimum Gasteiger partial charge on any atom is -0.450 e. The number of hydrogen-bond donors (Lipinski definition) is 1. The van der Waals surface area contributed by atoms with Crippen molar-refractivity contribution in [2.45, 2.75) is 46.6 Å². The van der Waals surface area contributed by atoms with Gasteiger partial charge in [0.1, 0.15) is 0 Å². The molecule has 0 bridgehead atoms. The summed E-state index contributed by atoms with van der Waals surface area (Å²) in [4.78, 5) is 29.6. The van der Waals surface area contributed by atoms with Crippen LogP contribution in [0.1, 0.15) is 38.8 Å². The van der Waals surface area contributed by atoms with Crippen LogP contribution >= 0.6 is 0 Å². The molecule has 1 aliphatic heterocycles. The average molecular weight is 410 g/mol. The Bertz CT molecular complexity index is 908. The predicted octanol–water partition coefficient (Wildman–Crippen LogP) is 4.75. The second kappa shape index (κ2) is 9.76. The van der Waals surface area contributed by atoms with E-state index in [2.05, 4.69) is 30.1 Å². The molecule has 2 amide bonds. The topological polar surface area (TPSA) is 61.9 Å². The molecule has 3 rings (SSSR count). The van der Waals surface area contributed by atoms with Gasteiger partial charge >= 0.3 is 6.09 Å². The third-order valence-electron chi connectivity index (χ3n) is 5.68. The molecule has 6 nitrogen and oxygen atoms in total. The molecule has 6 heteroatoms. The maximum atomic E-state index is 13.7. The third-order valence-corrected chi connectivity index (χ3v) is 5.68. The number of carbonyl (C=O) groups excluding carboxylic acids is 2. The Labute approximate surface area is 178 Å². The van der Waals surface area contributed by atoms with Crippen LogP contribution in [0.4, 0.5) is 21.9 Å². The van der Waals surface area contributed by atoms with Gasteiger partial charge in [0.15, 0.2) is 0 Å². The number of likely N-dealkylation sites (N-methyl/N-ethyl adjacent to an activating group) is 1. The lowest BCUT2D eigenvalue weighted by molar-refractivity contribution is -0.122. The highest BCUT2D eigenvalue weighted by atomic mass is 16.5. The quantitative estimate of drug-likeness (QED) is 0.748. The van der Waals surface area contributed by atoms with E-state index in [-0.39, 0.29) is 11.9 Å². The molecule has 0 spiro atoms. The smallest absolute Gasteiger partial charge is 0.411 e. The summed E-state index contributed by atoms with van der Waals surface area (Å²) in [6.45, 7) is 9.77. The molecule has 1 N–H and O–H groups in total. The van der Waals surface area contributed by atoms with Gasteiger partial charge in [-0.3, -0.25) is 19.9 Å². The van der Waals surface area contributed by atoms with Crippen molar-refractivity contribution in [1.29, 1.82) is 0 Å². The Hall–Kier alpha value is -2.86. The first-order valence-corrected chi connectivity index (χ1v) is 10.7. The van der Waals surface area contributed by atoms with E-state index in [1.165, 1.54) is 0 Å². The van der Waals surface area contributed by atoms with Gasteiger partial charge in [-0.05, 0) is 69.1 Å². The maximum absolute atomic E-state index is 13.7. The third kappa shape index (κ3) is 4.49. The van der Waals surface area contributed by atoms with Crippen molar-refractivity contribution in [3.63, 3.8) is 0 Å². The van der Waals surface area contributed by atoms with Crippen molar-refractivity contribution in [2.75, 3.05) is 29.9 Å². The molecule has 160 valence electrons. The SMILES string of the molecule is CCOC(=O)Nc1ccc2c(c1)N(C(=O)C(C)N(CC)CC)c1ccccc1CC2. The van der Waals surface area contributed by atoms with Gasteiger partial charge < -0.3 is 4.74 Å². The van der Waals surface area contributed by atoms with Crippen LogP contribution in [0.15, 0.2) is 42.5 Å². The summed E-state index contributed by atoms with van der Waals surface area (Å²) >= 11 is 0. The normalized spacial score (nSPS) is 13.8. The van der Waals surface area contributed by atoms with E-state index in [0.29, 0.717) is 12.3 Å². The molecule has 0 radical (unpaired) electrons. The molecule has 0 aromatic heterocycles. The standard InChI is InChI=1S/C24H31N3O3/c1-5-26(6-2)17(4)23(28)27-21-11-9-8-10-18(21)12-13-19-14-15-20(16-22(19)27)25-24(29)30-7-3/h8-11,14-17H,5-7,12-13H2,1-4H3,(H,25,29). The molecule has 1 aliphatic rings. The zero-order chi connectivity index (χ0) is 21.7. The molecule has 2 aromatic rings. The Morgan fingerprint density at radius 3 is 2.37 bits per heavy atom. The van der Waals surface area contributed by atoms with Gasteiger partial charge in [0.2, 0.25) is 5.91 Å². The number of fused-ring (bicyclic) bond motifs is 2. The van der Waals surface area contributed by atoms with Crippen molar-refractivity contribution in [2.24, 2.45) is 0 Å². The van der Waals surface area contributed by atoms with Crippen LogP contribution < -0.4 is 10.2 Å². The van der Waals surface area contributed by atoms with Crippen LogP contribution in [0.2, 0.25) is 0 Å². The highest BCUT2D eigenvalue weighted by Crippen LogP contribution is 2.38. The fourth-order valence-corrected chi connectivity index (χ4v) is 4.04. The Morgan fingerprint density at radius 2 is 1.70 bits per heavy atom. The molecular formula is C24H31N3O3. The van der Waals surface area contributed by atoms with Gasteiger partial charge in [-0.15, -0.1) is 0 Å². The van der Waals surface area contributed by atoms with Crippen molar-refractivity contribution in [1.82, 2.24) is 4.90 Å². The number of benzene rings is 2.